The number of furan rings is 1. The van der Waals surface area contributed by atoms with Gasteiger partial charge in [-0.05, 0) is 76.3 Å². The van der Waals surface area contributed by atoms with Gasteiger partial charge in [0.2, 0.25) is 0 Å². The second-order valence-corrected chi connectivity index (χ2v) is 14.2. The van der Waals surface area contributed by atoms with Crippen LogP contribution in [-0.2, 0) is 0 Å². The second kappa shape index (κ2) is 13.1. The number of hydrogen-bond donors (Lipinski definition) is 0. The van der Waals surface area contributed by atoms with E-state index in [1.807, 2.05) is 18.2 Å². The van der Waals surface area contributed by atoms with Crippen LogP contribution in [0.15, 0.2) is 199 Å². The summed E-state index contributed by atoms with van der Waals surface area (Å²) in [5.41, 5.74) is 14.0. The van der Waals surface area contributed by atoms with E-state index in [0.717, 1.165) is 70.9 Å². The Hall–Kier alpha value is -6.75. The van der Waals surface area contributed by atoms with E-state index in [1.54, 1.807) is 11.3 Å². The molecule has 10 aromatic rings. The molecule has 0 saturated heterocycles. The van der Waals surface area contributed by atoms with Crippen LogP contribution in [0.25, 0.3) is 76.1 Å². The summed E-state index contributed by atoms with van der Waals surface area (Å²) < 4.78 is 7.77. The Bertz CT molecular complexity index is 2790. The third kappa shape index (κ3) is 5.66. The molecule has 0 bridgehead atoms. The van der Waals surface area contributed by atoms with Crippen LogP contribution in [0.5, 0.6) is 0 Å². The Morgan fingerprint density at radius 2 is 0.962 bits per heavy atom. The Morgan fingerprint density at radius 3 is 1.58 bits per heavy atom. The van der Waals surface area contributed by atoms with E-state index in [9.17, 15) is 0 Å². The average molecular weight is 697 g/mol. The number of aromatic nitrogens is 1. The van der Waals surface area contributed by atoms with Crippen LogP contribution in [0, 0.1) is 0 Å². The molecule has 0 aliphatic carbocycles. The van der Waals surface area contributed by atoms with E-state index >= 15 is 0 Å². The molecule has 2 aromatic heterocycles. The first-order chi connectivity index (χ1) is 26.3. The van der Waals surface area contributed by atoms with Gasteiger partial charge in [0, 0.05) is 39.0 Å². The lowest BCUT2D eigenvalue weighted by Crippen LogP contribution is -2.10. The van der Waals surface area contributed by atoms with Crippen LogP contribution in [0.2, 0.25) is 0 Å². The van der Waals surface area contributed by atoms with Crippen LogP contribution < -0.4 is 4.90 Å². The monoisotopic (exact) mass is 696 g/mol. The Labute approximate surface area is 311 Å². The lowest BCUT2D eigenvalue weighted by atomic mass is 10.00. The molecule has 0 spiro atoms. The van der Waals surface area contributed by atoms with E-state index in [1.165, 1.54) is 22.3 Å². The highest BCUT2D eigenvalue weighted by Gasteiger charge is 2.21. The minimum atomic E-state index is 0.879. The van der Waals surface area contributed by atoms with Crippen LogP contribution >= 0.6 is 11.3 Å². The highest BCUT2D eigenvalue weighted by molar-refractivity contribution is 7.22. The second-order valence-electron chi connectivity index (χ2n) is 13.2. The maximum Gasteiger partial charge on any atom is 0.144 e. The molecule has 4 heteroatoms. The normalized spacial score (nSPS) is 11.4. The number of anilines is 3. The zero-order valence-electron chi connectivity index (χ0n) is 28.7. The smallest absolute Gasteiger partial charge is 0.144 e. The van der Waals surface area contributed by atoms with Crippen molar-refractivity contribution in [3.8, 4) is 44.0 Å². The lowest BCUT2D eigenvalue weighted by molar-refractivity contribution is 0.670. The van der Waals surface area contributed by atoms with Crippen molar-refractivity contribution >= 4 is 60.6 Å². The van der Waals surface area contributed by atoms with Crippen molar-refractivity contribution in [3.05, 3.63) is 194 Å². The van der Waals surface area contributed by atoms with E-state index in [0.29, 0.717) is 0 Å². The molecule has 0 N–H and O–H groups in total. The van der Waals surface area contributed by atoms with Gasteiger partial charge in [0.1, 0.15) is 16.2 Å². The molecule has 0 atom stereocenters. The maximum absolute atomic E-state index is 6.66. The van der Waals surface area contributed by atoms with Crippen molar-refractivity contribution in [2.75, 3.05) is 4.90 Å². The molecule has 0 unspecified atom stereocenters. The molecule has 250 valence electrons. The molecule has 0 aliphatic heterocycles. The molecule has 0 fully saturated rings. The summed E-state index contributed by atoms with van der Waals surface area (Å²) in [5, 5.41) is 3.17. The minimum Gasteiger partial charge on any atom is -0.455 e. The van der Waals surface area contributed by atoms with Crippen LogP contribution in [-0.4, -0.2) is 4.98 Å². The first-order valence-electron chi connectivity index (χ1n) is 17.8. The highest BCUT2D eigenvalue weighted by atomic mass is 32.1. The third-order valence-corrected chi connectivity index (χ3v) is 11.0. The predicted molar refractivity (Wildman–Crippen MR) is 223 cm³/mol. The molecule has 53 heavy (non-hydrogen) atoms. The zero-order chi connectivity index (χ0) is 35.1. The van der Waals surface area contributed by atoms with Crippen LogP contribution in [0.1, 0.15) is 0 Å². The number of nitrogens with zero attached hydrogens (tertiary/aromatic N) is 2. The molecule has 0 radical (unpaired) electrons. The number of para-hydroxylation sites is 1. The average Bonchev–Trinajstić information content (AvgIpc) is 3.83. The minimum absolute atomic E-state index is 0.879. The summed E-state index contributed by atoms with van der Waals surface area (Å²) in [4.78, 5) is 7.51. The van der Waals surface area contributed by atoms with Crippen molar-refractivity contribution in [1.29, 1.82) is 0 Å². The maximum atomic E-state index is 6.66. The first kappa shape index (κ1) is 31.0. The Kier molecular flexibility index (Phi) is 7.67. The van der Waals surface area contributed by atoms with Gasteiger partial charge < -0.3 is 9.32 Å². The van der Waals surface area contributed by atoms with Crippen molar-refractivity contribution in [2.24, 2.45) is 0 Å². The van der Waals surface area contributed by atoms with Gasteiger partial charge in [0.25, 0.3) is 0 Å². The summed E-state index contributed by atoms with van der Waals surface area (Å²) >= 11 is 1.72. The van der Waals surface area contributed by atoms with Crippen LogP contribution in [0.3, 0.4) is 0 Å². The SMILES string of the molecule is c1ccc(-c2cccc(N(c3ccc(-c4c5oc6ccccc6c5cc5nc(-c6ccccc6)sc45)cc3)c3cccc(-c4ccccc4)c3)c2)cc1. The van der Waals surface area contributed by atoms with E-state index < -0.39 is 0 Å². The summed E-state index contributed by atoms with van der Waals surface area (Å²) in [6.45, 7) is 0. The Balaban J connectivity index is 1.14. The lowest BCUT2D eigenvalue weighted by Gasteiger charge is -2.27. The van der Waals surface area contributed by atoms with Crippen LogP contribution in [0.4, 0.5) is 17.1 Å². The van der Waals surface area contributed by atoms with Gasteiger partial charge >= 0.3 is 0 Å². The van der Waals surface area contributed by atoms with Crippen molar-refractivity contribution in [3.63, 3.8) is 0 Å². The first-order valence-corrected chi connectivity index (χ1v) is 18.6. The van der Waals surface area contributed by atoms with Gasteiger partial charge in [0.15, 0.2) is 0 Å². The summed E-state index contributed by atoms with van der Waals surface area (Å²) in [6, 6.07) is 68.5. The fraction of sp³-hybridized carbons (Fsp3) is 0. The van der Waals surface area contributed by atoms with Crippen molar-refractivity contribution in [1.82, 2.24) is 4.98 Å². The summed E-state index contributed by atoms with van der Waals surface area (Å²) in [6.07, 6.45) is 0. The van der Waals surface area contributed by atoms with Gasteiger partial charge in [-0.15, -0.1) is 11.3 Å². The fourth-order valence-corrected chi connectivity index (χ4v) is 8.46. The van der Waals surface area contributed by atoms with E-state index in [2.05, 4.69) is 181 Å². The molecular formula is C49H32N2OS. The number of rotatable bonds is 7. The van der Waals surface area contributed by atoms with E-state index in [4.69, 9.17) is 9.40 Å². The number of hydrogen-bond acceptors (Lipinski definition) is 4. The summed E-state index contributed by atoms with van der Waals surface area (Å²) in [5.74, 6) is 0. The molecular weight excluding hydrogens is 665 g/mol. The molecule has 0 amide bonds. The van der Waals surface area contributed by atoms with Gasteiger partial charge in [-0.25, -0.2) is 4.98 Å². The van der Waals surface area contributed by atoms with Gasteiger partial charge in [-0.3, -0.25) is 0 Å². The molecule has 0 saturated carbocycles. The topological polar surface area (TPSA) is 29.3 Å². The molecule has 0 aliphatic rings. The van der Waals surface area contributed by atoms with Gasteiger partial charge in [0.05, 0.1) is 10.2 Å². The Morgan fingerprint density at radius 1 is 0.415 bits per heavy atom. The van der Waals surface area contributed by atoms with Crippen molar-refractivity contribution < 1.29 is 4.42 Å². The van der Waals surface area contributed by atoms with Crippen molar-refractivity contribution in [2.45, 2.75) is 0 Å². The largest absolute Gasteiger partial charge is 0.455 e. The fourth-order valence-electron chi connectivity index (χ4n) is 7.34. The van der Waals surface area contributed by atoms with E-state index in [-0.39, 0.29) is 0 Å². The predicted octanol–water partition coefficient (Wildman–Crippen LogP) is 14.3. The molecule has 10 rings (SSSR count). The highest BCUT2D eigenvalue weighted by Crippen LogP contribution is 2.46. The molecule has 2 heterocycles. The molecule has 8 aromatic carbocycles. The number of fused-ring (bicyclic) bond motifs is 4. The number of benzene rings is 8. The van der Waals surface area contributed by atoms with Gasteiger partial charge in [-0.1, -0.05) is 146 Å². The quantitative estimate of drug-likeness (QED) is 0.166. The summed E-state index contributed by atoms with van der Waals surface area (Å²) in [7, 11) is 0. The van der Waals surface area contributed by atoms with Gasteiger partial charge in [-0.2, -0.15) is 0 Å². The zero-order valence-corrected chi connectivity index (χ0v) is 29.5. The number of thiazole rings is 1. The third-order valence-electron chi connectivity index (χ3n) is 9.88. The standard InChI is InChI=1S/C49H32N2OS/c1-4-14-33(15-5-1)37-20-12-22-40(30-37)51(41-23-13-21-38(31-41)34-16-6-2-7-17-34)39-28-26-35(27-29-39)46-47-43(42-24-10-11-25-45(42)52-47)32-44-48(46)53-49(50-44)36-18-8-3-9-19-36/h1-32H. The molecule has 3 nitrogen and oxygen atoms in total.